The lowest BCUT2D eigenvalue weighted by Crippen LogP contribution is -2.41. The summed E-state index contributed by atoms with van der Waals surface area (Å²) in [5, 5.41) is 3.31. The number of piperidine rings is 1. The Morgan fingerprint density at radius 2 is 2.00 bits per heavy atom. The molecule has 2 amide bonds. The summed E-state index contributed by atoms with van der Waals surface area (Å²) in [7, 11) is 0. The Kier molecular flexibility index (Phi) is 6.04. The molecule has 2 heterocycles. The number of aromatic nitrogens is 1. The van der Waals surface area contributed by atoms with Crippen LogP contribution in [0.2, 0.25) is 5.02 Å². The second-order valence-corrected chi connectivity index (χ2v) is 8.65. The van der Waals surface area contributed by atoms with Crippen LogP contribution >= 0.6 is 11.6 Å². The number of hydrogen-bond acceptors (Lipinski definition) is 3. The SMILES string of the molecule is O=C(NCCc1ccccn1)[C@H]1CC12CCN(C(=O)Cc1c(F)cccc1Cl)CC2. The van der Waals surface area contributed by atoms with Gasteiger partial charge in [0, 0.05) is 54.4 Å². The molecule has 1 spiro atoms. The minimum absolute atomic E-state index is 0.0154. The van der Waals surface area contributed by atoms with Crippen molar-refractivity contribution in [2.45, 2.75) is 32.1 Å². The van der Waals surface area contributed by atoms with E-state index in [1.165, 1.54) is 12.1 Å². The van der Waals surface area contributed by atoms with Crippen LogP contribution in [0.4, 0.5) is 4.39 Å². The van der Waals surface area contributed by atoms with E-state index in [2.05, 4.69) is 10.3 Å². The van der Waals surface area contributed by atoms with Crippen LogP contribution in [0.3, 0.4) is 0 Å². The van der Waals surface area contributed by atoms with Crippen LogP contribution in [0.15, 0.2) is 42.6 Å². The number of amides is 2. The summed E-state index contributed by atoms with van der Waals surface area (Å²) in [6.45, 7) is 1.78. The number of hydrogen-bond donors (Lipinski definition) is 1. The first-order valence-electron chi connectivity index (χ1n) is 10.4. The molecule has 2 aromatic rings. The van der Waals surface area contributed by atoms with E-state index in [1.807, 2.05) is 18.2 Å². The van der Waals surface area contributed by atoms with Gasteiger partial charge < -0.3 is 10.2 Å². The smallest absolute Gasteiger partial charge is 0.227 e. The van der Waals surface area contributed by atoms with Crippen molar-refractivity contribution in [1.82, 2.24) is 15.2 Å². The predicted molar refractivity (Wildman–Crippen MR) is 112 cm³/mol. The quantitative estimate of drug-likeness (QED) is 0.765. The highest BCUT2D eigenvalue weighted by Gasteiger charge is 2.58. The summed E-state index contributed by atoms with van der Waals surface area (Å²) in [6.07, 6.45) is 4.93. The number of carbonyl (C=O) groups excluding carboxylic acids is 2. The molecule has 1 aliphatic carbocycles. The zero-order valence-electron chi connectivity index (χ0n) is 16.7. The lowest BCUT2D eigenvalue weighted by Gasteiger charge is -2.33. The van der Waals surface area contributed by atoms with Crippen molar-refractivity contribution in [3.8, 4) is 0 Å². The van der Waals surface area contributed by atoms with Crippen LogP contribution in [-0.4, -0.2) is 41.3 Å². The zero-order valence-corrected chi connectivity index (χ0v) is 17.5. The van der Waals surface area contributed by atoms with Crippen molar-refractivity contribution >= 4 is 23.4 Å². The van der Waals surface area contributed by atoms with Crippen LogP contribution in [0.1, 0.15) is 30.5 Å². The molecule has 1 atom stereocenters. The summed E-state index contributed by atoms with van der Waals surface area (Å²) in [5.41, 5.74) is 1.23. The fourth-order valence-corrected chi connectivity index (χ4v) is 4.65. The van der Waals surface area contributed by atoms with Gasteiger partial charge in [-0.3, -0.25) is 14.6 Å². The predicted octanol–water partition coefficient (Wildman–Crippen LogP) is 3.40. The van der Waals surface area contributed by atoms with Gasteiger partial charge in [-0.05, 0) is 48.9 Å². The van der Waals surface area contributed by atoms with Gasteiger partial charge in [-0.1, -0.05) is 23.7 Å². The van der Waals surface area contributed by atoms with Crippen LogP contribution < -0.4 is 5.32 Å². The molecule has 1 saturated heterocycles. The summed E-state index contributed by atoms with van der Waals surface area (Å²) < 4.78 is 14.0. The normalized spacial score (nSPS) is 19.5. The third kappa shape index (κ3) is 4.48. The molecule has 1 N–H and O–H groups in total. The monoisotopic (exact) mass is 429 g/mol. The van der Waals surface area contributed by atoms with Gasteiger partial charge in [0.15, 0.2) is 0 Å². The van der Waals surface area contributed by atoms with E-state index in [4.69, 9.17) is 11.6 Å². The molecule has 2 aliphatic rings. The van der Waals surface area contributed by atoms with E-state index >= 15 is 0 Å². The Labute approximate surface area is 180 Å². The minimum atomic E-state index is -0.450. The summed E-state index contributed by atoms with van der Waals surface area (Å²) >= 11 is 6.04. The number of nitrogens with zero attached hydrogens (tertiary/aromatic N) is 2. The standard InChI is InChI=1S/C23H25ClFN3O2/c24-19-5-3-6-20(25)17(19)14-21(29)28-12-8-23(9-13-28)15-18(23)22(30)27-11-7-16-4-1-2-10-26-16/h1-6,10,18H,7-9,11-15H2,(H,27,30)/t18-/m1/s1. The van der Waals surface area contributed by atoms with E-state index in [9.17, 15) is 14.0 Å². The third-order valence-corrected chi connectivity index (χ3v) is 6.77. The largest absolute Gasteiger partial charge is 0.355 e. The molecule has 0 unspecified atom stereocenters. The molecule has 30 heavy (non-hydrogen) atoms. The van der Waals surface area contributed by atoms with Crippen LogP contribution in [0.25, 0.3) is 0 Å². The van der Waals surface area contributed by atoms with Gasteiger partial charge in [-0.25, -0.2) is 4.39 Å². The van der Waals surface area contributed by atoms with Crippen LogP contribution in [0, 0.1) is 17.2 Å². The molecule has 5 nitrogen and oxygen atoms in total. The van der Waals surface area contributed by atoms with Crippen molar-refractivity contribution in [2.75, 3.05) is 19.6 Å². The molecule has 0 bridgehead atoms. The fourth-order valence-electron chi connectivity index (χ4n) is 4.42. The number of rotatable bonds is 6. The lowest BCUT2D eigenvalue weighted by atomic mass is 9.90. The Morgan fingerprint density at radius 3 is 2.70 bits per heavy atom. The number of carbonyl (C=O) groups is 2. The van der Waals surface area contributed by atoms with Crippen LogP contribution in [0.5, 0.6) is 0 Å². The van der Waals surface area contributed by atoms with Crippen molar-refractivity contribution in [3.05, 3.63) is 64.7 Å². The molecular formula is C23H25ClFN3O2. The summed E-state index contributed by atoms with van der Waals surface area (Å²) in [4.78, 5) is 31.2. The third-order valence-electron chi connectivity index (χ3n) is 6.41. The van der Waals surface area contributed by atoms with Crippen LogP contribution in [-0.2, 0) is 22.4 Å². The number of likely N-dealkylation sites (tertiary alicyclic amines) is 1. The maximum atomic E-state index is 14.0. The maximum absolute atomic E-state index is 14.0. The highest BCUT2D eigenvalue weighted by Crippen LogP contribution is 2.59. The molecule has 158 valence electrons. The zero-order chi connectivity index (χ0) is 21.1. The van der Waals surface area contributed by atoms with E-state index in [-0.39, 0.29) is 40.2 Å². The second-order valence-electron chi connectivity index (χ2n) is 8.24. The van der Waals surface area contributed by atoms with Gasteiger partial charge in [0.25, 0.3) is 0 Å². The molecule has 0 radical (unpaired) electrons. The molecule has 1 aromatic carbocycles. The Bertz CT molecular complexity index is 909. The van der Waals surface area contributed by atoms with E-state index in [0.29, 0.717) is 26.1 Å². The van der Waals surface area contributed by atoms with Crippen molar-refractivity contribution < 1.29 is 14.0 Å². The maximum Gasteiger partial charge on any atom is 0.227 e. The summed E-state index contributed by atoms with van der Waals surface area (Å²) in [5.74, 6) is -0.439. The molecule has 4 rings (SSSR count). The van der Waals surface area contributed by atoms with E-state index in [0.717, 1.165) is 25.0 Å². The van der Waals surface area contributed by atoms with Crippen molar-refractivity contribution in [2.24, 2.45) is 11.3 Å². The number of halogens is 2. The Morgan fingerprint density at radius 1 is 1.20 bits per heavy atom. The first-order valence-corrected chi connectivity index (χ1v) is 10.7. The van der Waals surface area contributed by atoms with E-state index < -0.39 is 5.82 Å². The minimum Gasteiger partial charge on any atom is -0.355 e. The number of benzene rings is 1. The molecule has 1 saturated carbocycles. The number of nitrogens with one attached hydrogen (secondary N) is 1. The Hall–Kier alpha value is -2.47. The van der Waals surface area contributed by atoms with Gasteiger partial charge >= 0.3 is 0 Å². The molecule has 1 aromatic heterocycles. The van der Waals surface area contributed by atoms with E-state index in [1.54, 1.807) is 17.2 Å². The van der Waals surface area contributed by atoms with Gasteiger partial charge in [0.2, 0.25) is 11.8 Å². The first kappa shape index (κ1) is 20.8. The average Bonchev–Trinajstić information content (AvgIpc) is 3.45. The highest BCUT2D eigenvalue weighted by atomic mass is 35.5. The molecular weight excluding hydrogens is 405 g/mol. The van der Waals surface area contributed by atoms with Gasteiger partial charge in [0.1, 0.15) is 5.82 Å². The second kappa shape index (κ2) is 8.72. The van der Waals surface area contributed by atoms with Gasteiger partial charge in [0.05, 0.1) is 6.42 Å². The highest BCUT2D eigenvalue weighted by molar-refractivity contribution is 6.31. The summed E-state index contributed by atoms with van der Waals surface area (Å²) in [6, 6.07) is 10.2. The molecule has 2 fully saturated rings. The van der Waals surface area contributed by atoms with Gasteiger partial charge in [-0.15, -0.1) is 0 Å². The lowest BCUT2D eigenvalue weighted by molar-refractivity contribution is -0.132. The fraction of sp³-hybridized carbons (Fsp3) is 0.435. The number of pyridine rings is 1. The van der Waals surface area contributed by atoms with Gasteiger partial charge in [-0.2, -0.15) is 0 Å². The molecule has 1 aliphatic heterocycles. The Balaban J connectivity index is 1.23. The first-order chi connectivity index (χ1) is 14.5. The van der Waals surface area contributed by atoms with Crippen molar-refractivity contribution in [3.63, 3.8) is 0 Å². The van der Waals surface area contributed by atoms with Crippen molar-refractivity contribution in [1.29, 1.82) is 0 Å². The molecule has 7 heteroatoms. The topological polar surface area (TPSA) is 62.3 Å². The average molecular weight is 430 g/mol.